The van der Waals surface area contributed by atoms with Gasteiger partial charge in [-0.3, -0.25) is 9.79 Å². The maximum atomic E-state index is 10.8. The lowest BCUT2D eigenvalue weighted by Gasteiger charge is -2.29. The molecule has 1 amide bonds. The summed E-state index contributed by atoms with van der Waals surface area (Å²) in [5.74, 6) is 1.94. The minimum Gasteiger partial charge on any atom is -0.484 e. The van der Waals surface area contributed by atoms with Gasteiger partial charge < -0.3 is 26.0 Å². The van der Waals surface area contributed by atoms with Gasteiger partial charge in [0.2, 0.25) is 0 Å². The molecule has 1 fully saturated rings. The maximum Gasteiger partial charge on any atom is 0.255 e. The molecule has 0 bridgehead atoms. The van der Waals surface area contributed by atoms with Crippen LogP contribution in [-0.2, 0) is 11.2 Å². The van der Waals surface area contributed by atoms with Gasteiger partial charge in [0.1, 0.15) is 5.75 Å². The molecule has 1 aliphatic heterocycles. The third kappa shape index (κ3) is 11.0. The summed E-state index contributed by atoms with van der Waals surface area (Å²) >= 11 is 0. The van der Waals surface area contributed by atoms with Crippen LogP contribution in [0.4, 0.5) is 0 Å². The van der Waals surface area contributed by atoms with Crippen molar-refractivity contribution in [3.05, 3.63) is 29.8 Å². The molecule has 0 saturated carbocycles. The zero-order chi connectivity index (χ0) is 20.9. The molecule has 170 valence electrons. The summed E-state index contributed by atoms with van der Waals surface area (Å²) in [7, 11) is 0. The van der Waals surface area contributed by atoms with Crippen molar-refractivity contribution in [3.8, 4) is 5.75 Å². The average molecular weight is 531 g/mol. The van der Waals surface area contributed by atoms with Gasteiger partial charge in [-0.05, 0) is 75.9 Å². The van der Waals surface area contributed by atoms with E-state index in [2.05, 4.69) is 29.4 Å². The number of aliphatic imine (C=N–C) groups is 1. The molecule has 1 heterocycles. The van der Waals surface area contributed by atoms with Crippen molar-refractivity contribution < 1.29 is 9.53 Å². The van der Waals surface area contributed by atoms with Crippen LogP contribution < -0.4 is 21.1 Å². The van der Waals surface area contributed by atoms with Crippen molar-refractivity contribution >= 4 is 35.8 Å². The Balaban J connectivity index is 0.00000450. The van der Waals surface area contributed by atoms with E-state index < -0.39 is 5.91 Å². The molecular formula is C22H38IN5O2. The van der Waals surface area contributed by atoms with Gasteiger partial charge in [-0.2, -0.15) is 0 Å². The van der Waals surface area contributed by atoms with E-state index in [1.807, 2.05) is 24.3 Å². The fourth-order valence-corrected chi connectivity index (χ4v) is 3.34. The van der Waals surface area contributed by atoms with Gasteiger partial charge in [0.25, 0.3) is 5.91 Å². The van der Waals surface area contributed by atoms with Crippen molar-refractivity contribution in [3.63, 3.8) is 0 Å². The topological polar surface area (TPSA) is 92.0 Å². The van der Waals surface area contributed by atoms with E-state index in [1.54, 1.807) is 0 Å². The van der Waals surface area contributed by atoms with Crippen LogP contribution in [0, 0.1) is 5.92 Å². The highest BCUT2D eigenvalue weighted by atomic mass is 127. The molecule has 0 aromatic heterocycles. The fraction of sp³-hybridized carbons (Fsp3) is 0.636. The summed E-state index contributed by atoms with van der Waals surface area (Å²) in [5.41, 5.74) is 6.28. The van der Waals surface area contributed by atoms with E-state index in [0.29, 0.717) is 5.75 Å². The van der Waals surface area contributed by atoms with E-state index in [4.69, 9.17) is 15.5 Å². The predicted octanol–water partition coefficient (Wildman–Crippen LogP) is 2.39. The zero-order valence-electron chi connectivity index (χ0n) is 18.4. The minimum atomic E-state index is -0.473. The summed E-state index contributed by atoms with van der Waals surface area (Å²) in [4.78, 5) is 18.0. The molecule has 7 nitrogen and oxygen atoms in total. The number of piperidine rings is 1. The first-order chi connectivity index (χ1) is 14.1. The molecule has 0 unspecified atom stereocenters. The SMILES string of the molecule is CCNC(=NCCCN1CCC(C)CC1)NCCc1ccc(OCC(N)=O)cc1.I. The van der Waals surface area contributed by atoms with E-state index in [1.165, 1.54) is 31.5 Å². The molecule has 4 N–H and O–H groups in total. The molecule has 1 aromatic rings. The van der Waals surface area contributed by atoms with E-state index >= 15 is 0 Å². The number of benzene rings is 1. The smallest absolute Gasteiger partial charge is 0.255 e. The largest absolute Gasteiger partial charge is 0.484 e. The number of nitrogens with two attached hydrogens (primary N) is 1. The molecule has 2 rings (SSSR count). The number of ether oxygens (including phenoxy) is 1. The molecule has 30 heavy (non-hydrogen) atoms. The summed E-state index contributed by atoms with van der Waals surface area (Å²) in [6.07, 6.45) is 4.63. The third-order valence-corrected chi connectivity index (χ3v) is 5.13. The van der Waals surface area contributed by atoms with E-state index in [-0.39, 0.29) is 30.6 Å². The molecule has 1 aromatic carbocycles. The number of nitrogens with one attached hydrogen (secondary N) is 2. The van der Waals surface area contributed by atoms with Crippen molar-refractivity contribution in [2.24, 2.45) is 16.6 Å². The molecule has 1 saturated heterocycles. The highest BCUT2D eigenvalue weighted by Crippen LogP contribution is 2.15. The fourth-order valence-electron chi connectivity index (χ4n) is 3.34. The summed E-state index contributed by atoms with van der Waals surface area (Å²) in [6.45, 7) is 10.4. The molecule has 0 radical (unpaired) electrons. The first-order valence-electron chi connectivity index (χ1n) is 10.8. The lowest BCUT2D eigenvalue weighted by Crippen LogP contribution is -2.38. The Kier molecular flexibility index (Phi) is 13.5. The maximum absolute atomic E-state index is 10.8. The number of guanidine groups is 1. The number of nitrogens with zero attached hydrogens (tertiary/aromatic N) is 2. The second kappa shape index (κ2) is 15.3. The van der Waals surface area contributed by atoms with Crippen LogP contribution in [-0.4, -0.2) is 62.6 Å². The Morgan fingerprint density at radius 2 is 1.93 bits per heavy atom. The van der Waals surface area contributed by atoms with Gasteiger partial charge in [0.05, 0.1) is 0 Å². The number of hydrogen-bond acceptors (Lipinski definition) is 4. The van der Waals surface area contributed by atoms with Gasteiger partial charge in [-0.15, -0.1) is 24.0 Å². The van der Waals surface area contributed by atoms with Gasteiger partial charge in [0.15, 0.2) is 12.6 Å². The van der Waals surface area contributed by atoms with E-state index in [9.17, 15) is 4.79 Å². The Bertz CT molecular complexity index is 631. The number of rotatable bonds is 11. The van der Waals surface area contributed by atoms with Crippen molar-refractivity contribution in [1.82, 2.24) is 15.5 Å². The lowest BCUT2D eigenvalue weighted by atomic mass is 9.99. The number of hydrogen-bond donors (Lipinski definition) is 3. The van der Waals surface area contributed by atoms with Crippen molar-refractivity contribution in [2.45, 2.75) is 39.5 Å². The van der Waals surface area contributed by atoms with Gasteiger partial charge in [-0.25, -0.2) is 0 Å². The number of primary amides is 1. The van der Waals surface area contributed by atoms with Crippen LogP contribution in [0.25, 0.3) is 0 Å². The second-order valence-corrected chi connectivity index (χ2v) is 7.71. The Morgan fingerprint density at radius 3 is 2.57 bits per heavy atom. The van der Waals surface area contributed by atoms with Gasteiger partial charge in [0, 0.05) is 19.6 Å². The molecule has 1 aliphatic rings. The number of likely N-dealkylation sites (tertiary alicyclic amines) is 1. The standard InChI is InChI=1S/C22H37N5O2.HI/c1-3-24-22(25-12-4-14-27-15-10-18(2)11-16-27)26-13-9-19-5-7-20(8-6-19)29-17-21(23)28;/h5-8,18H,3-4,9-17H2,1-2H3,(H2,23,28)(H2,24,25,26);1H. The molecule has 8 heteroatoms. The number of amides is 1. The summed E-state index contributed by atoms with van der Waals surface area (Å²) in [5, 5.41) is 6.71. The van der Waals surface area contributed by atoms with Gasteiger partial charge in [-0.1, -0.05) is 19.1 Å². The first kappa shape index (κ1) is 26.5. The summed E-state index contributed by atoms with van der Waals surface area (Å²) in [6, 6.07) is 7.72. The predicted molar refractivity (Wildman–Crippen MR) is 134 cm³/mol. The second-order valence-electron chi connectivity index (χ2n) is 7.71. The van der Waals surface area contributed by atoms with Crippen LogP contribution >= 0.6 is 24.0 Å². The van der Waals surface area contributed by atoms with Crippen LogP contribution in [0.2, 0.25) is 0 Å². The Hall–Kier alpha value is -1.55. The molecular weight excluding hydrogens is 493 g/mol. The van der Waals surface area contributed by atoms with Crippen LogP contribution in [0.3, 0.4) is 0 Å². The lowest BCUT2D eigenvalue weighted by molar-refractivity contribution is -0.119. The highest BCUT2D eigenvalue weighted by Gasteiger charge is 2.14. The summed E-state index contributed by atoms with van der Waals surface area (Å²) < 4.78 is 5.28. The Labute approximate surface area is 198 Å². The number of halogens is 1. The molecule has 0 aliphatic carbocycles. The molecule has 0 atom stereocenters. The molecule has 0 spiro atoms. The first-order valence-corrected chi connectivity index (χ1v) is 10.8. The van der Waals surface area contributed by atoms with E-state index in [0.717, 1.165) is 50.9 Å². The monoisotopic (exact) mass is 531 g/mol. The third-order valence-electron chi connectivity index (χ3n) is 5.13. The number of carbonyl (C=O) groups excluding carboxylic acids is 1. The highest BCUT2D eigenvalue weighted by molar-refractivity contribution is 14.0. The van der Waals surface area contributed by atoms with Crippen LogP contribution in [0.1, 0.15) is 38.7 Å². The normalized spacial score (nSPS) is 15.3. The van der Waals surface area contributed by atoms with Crippen molar-refractivity contribution in [1.29, 1.82) is 0 Å². The average Bonchev–Trinajstić information content (AvgIpc) is 2.72. The number of carbonyl (C=O) groups is 1. The Morgan fingerprint density at radius 1 is 1.23 bits per heavy atom. The van der Waals surface area contributed by atoms with Crippen LogP contribution in [0.5, 0.6) is 5.75 Å². The minimum absolute atomic E-state index is 0. The zero-order valence-corrected chi connectivity index (χ0v) is 20.7. The van der Waals surface area contributed by atoms with Crippen LogP contribution in [0.15, 0.2) is 29.3 Å². The van der Waals surface area contributed by atoms with Crippen molar-refractivity contribution in [2.75, 3.05) is 45.9 Å². The quantitative estimate of drug-likeness (QED) is 0.177. The van der Waals surface area contributed by atoms with Gasteiger partial charge >= 0.3 is 0 Å².